The van der Waals surface area contributed by atoms with Crippen LogP contribution in [0.5, 0.6) is 0 Å². The first-order valence-corrected chi connectivity index (χ1v) is 6.84. The Balaban J connectivity index is 2.02. The Morgan fingerprint density at radius 3 is 2.58 bits per heavy atom. The van der Waals surface area contributed by atoms with Gasteiger partial charge in [-0.15, -0.1) is 0 Å². The van der Waals surface area contributed by atoms with Crippen LogP contribution in [-0.2, 0) is 4.74 Å². The summed E-state index contributed by atoms with van der Waals surface area (Å²) in [4.78, 5) is 0. The van der Waals surface area contributed by atoms with E-state index < -0.39 is 11.6 Å². The largest absolute Gasteiger partial charge is 0.381 e. The van der Waals surface area contributed by atoms with Gasteiger partial charge >= 0.3 is 0 Å². The Morgan fingerprint density at radius 1 is 1.26 bits per heavy atom. The lowest BCUT2D eigenvalue weighted by Crippen LogP contribution is -2.38. The summed E-state index contributed by atoms with van der Waals surface area (Å²) in [5.74, 6) is -0.974. The second-order valence-corrected chi connectivity index (χ2v) is 5.24. The number of hydrogen-bond donors (Lipinski definition) is 1. The highest BCUT2D eigenvalue weighted by atomic mass is 19.1. The molecule has 0 saturated heterocycles. The molecule has 3 unspecified atom stereocenters. The Labute approximate surface area is 113 Å². The summed E-state index contributed by atoms with van der Waals surface area (Å²) in [5.41, 5.74) is 0.127. The van der Waals surface area contributed by atoms with E-state index in [1.165, 1.54) is 18.2 Å². The fourth-order valence-electron chi connectivity index (χ4n) is 2.87. The van der Waals surface area contributed by atoms with E-state index in [2.05, 4.69) is 5.32 Å². The molecular weight excluding hydrogens is 248 g/mol. The number of ether oxygens (including phenoxy) is 1. The molecule has 1 aromatic rings. The van der Waals surface area contributed by atoms with E-state index in [1.807, 2.05) is 0 Å². The second-order valence-electron chi connectivity index (χ2n) is 5.24. The molecule has 0 heterocycles. The maximum Gasteiger partial charge on any atom is 0.130 e. The highest BCUT2D eigenvalue weighted by molar-refractivity contribution is 5.22. The van der Waals surface area contributed by atoms with Gasteiger partial charge in [0.2, 0.25) is 0 Å². The monoisotopic (exact) mass is 269 g/mol. The van der Waals surface area contributed by atoms with Gasteiger partial charge in [-0.05, 0) is 44.7 Å². The van der Waals surface area contributed by atoms with E-state index in [0.29, 0.717) is 0 Å². The van der Waals surface area contributed by atoms with Gasteiger partial charge in [0.25, 0.3) is 0 Å². The molecule has 0 amide bonds. The molecule has 0 spiro atoms. The van der Waals surface area contributed by atoms with Crippen molar-refractivity contribution in [2.45, 2.75) is 50.8 Å². The van der Waals surface area contributed by atoms with Crippen LogP contribution in [0, 0.1) is 11.6 Å². The Kier molecular flexibility index (Phi) is 4.88. The standard InChI is InChI=1S/C15H21F2NO/c1-10(15-13(16)7-4-8-14(15)17)18-11-5-3-6-12(9-11)19-2/h4,7-8,10-12,18H,3,5-6,9H2,1-2H3. The third kappa shape index (κ3) is 3.51. The van der Waals surface area contributed by atoms with E-state index in [1.54, 1.807) is 14.0 Å². The first-order chi connectivity index (χ1) is 9.11. The molecule has 3 atom stereocenters. The lowest BCUT2D eigenvalue weighted by atomic mass is 9.91. The van der Waals surface area contributed by atoms with Crippen LogP contribution in [0.15, 0.2) is 18.2 Å². The summed E-state index contributed by atoms with van der Waals surface area (Å²) in [6.07, 6.45) is 4.33. The molecule has 1 fully saturated rings. The highest BCUT2D eigenvalue weighted by Crippen LogP contribution is 2.25. The van der Waals surface area contributed by atoms with Gasteiger partial charge < -0.3 is 10.1 Å². The van der Waals surface area contributed by atoms with Crippen molar-refractivity contribution in [3.05, 3.63) is 35.4 Å². The maximum atomic E-state index is 13.7. The van der Waals surface area contributed by atoms with Crippen molar-refractivity contribution < 1.29 is 13.5 Å². The molecule has 19 heavy (non-hydrogen) atoms. The molecule has 2 nitrogen and oxygen atoms in total. The van der Waals surface area contributed by atoms with Crippen LogP contribution in [0.3, 0.4) is 0 Å². The van der Waals surface area contributed by atoms with Crippen LogP contribution in [0.1, 0.15) is 44.2 Å². The van der Waals surface area contributed by atoms with Crippen LogP contribution in [0.25, 0.3) is 0 Å². The third-order valence-corrected chi connectivity index (χ3v) is 3.88. The minimum atomic E-state index is -0.487. The zero-order valence-electron chi connectivity index (χ0n) is 11.5. The van der Waals surface area contributed by atoms with E-state index in [4.69, 9.17) is 4.74 Å². The fraction of sp³-hybridized carbons (Fsp3) is 0.600. The van der Waals surface area contributed by atoms with Crippen molar-refractivity contribution in [1.82, 2.24) is 5.32 Å². The molecule has 1 saturated carbocycles. The topological polar surface area (TPSA) is 21.3 Å². The Bertz CT molecular complexity index is 404. The smallest absolute Gasteiger partial charge is 0.130 e. The van der Waals surface area contributed by atoms with Crippen molar-refractivity contribution in [3.63, 3.8) is 0 Å². The molecule has 0 aromatic heterocycles. The number of benzene rings is 1. The van der Waals surface area contributed by atoms with Crippen LogP contribution in [0.2, 0.25) is 0 Å². The summed E-state index contributed by atoms with van der Waals surface area (Å²) in [7, 11) is 1.72. The minimum Gasteiger partial charge on any atom is -0.381 e. The van der Waals surface area contributed by atoms with Crippen LogP contribution < -0.4 is 5.32 Å². The number of methoxy groups -OCH3 is 1. The van der Waals surface area contributed by atoms with E-state index in [-0.39, 0.29) is 23.8 Å². The van der Waals surface area contributed by atoms with Gasteiger partial charge in [0.05, 0.1) is 6.10 Å². The predicted molar refractivity (Wildman–Crippen MR) is 71.0 cm³/mol. The Morgan fingerprint density at radius 2 is 1.95 bits per heavy atom. The van der Waals surface area contributed by atoms with Gasteiger partial charge in [0.1, 0.15) is 11.6 Å². The lowest BCUT2D eigenvalue weighted by molar-refractivity contribution is 0.0571. The molecule has 4 heteroatoms. The van der Waals surface area contributed by atoms with Gasteiger partial charge in [-0.1, -0.05) is 6.07 Å². The zero-order valence-corrected chi connectivity index (χ0v) is 11.5. The molecule has 0 aliphatic heterocycles. The molecule has 0 radical (unpaired) electrons. The molecule has 1 N–H and O–H groups in total. The summed E-state index contributed by atoms with van der Waals surface area (Å²) in [6, 6.07) is 3.92. The number of rotatable bonds is 4. The van der Waals surface area contributed by atoms with Crippen LogP contribution in [-0.4, -0.2) is 19.3 Å². The zero-order chi connectivity index (χ0) is 13.8. The summed E-state index contributed by atoms with van der Waals surface area (Å²) in [6.45, 7) is 1.80. The lowest BCUT2D eigenvalue weighted by Gasteiger charge is -2.31. The van der Waals surface area contributed by atoms with Gasteiger partial charge in [0, 0.05) is 24.8 Å². The molecular formula is C15H21F2NO. The van der Waals surface area contributed by atoms with Gasteiger partial charge in [-0.2, -0.15) is 0 Å². The van der Waals surface area contributed by atoms with Crippen molar-refractivity contribution >= 4 is 0 Å². The van der Waals surface area contributed by atoms with E-state index in [9.17, 15) is 8.78 Å². The van der Waals surface area contributed by atoms with Gasteiger partial charge in [0.15, 0.2) is 0 Å². The van der Waals surface area contributed by atoms with E-state index >= 15 is 0 Å². The quantitative estimate of drug-likeness (QED) is 0.902. The Hall–Kier alpha value is -1.00. The molecule has 0 bridgehead atoms. The SMILES string of the molecule is COC1CCCC(NC(C)c2c(F)cccc2F)C1. The molecule has 2 rings (SSSR count). The van der Waals surface area contributed by atoms with Crippen molar-refractivity contribution in [3.8, 4) is 0 Å². The molecule has 106 valence electrons. The number of hydrogen-bond acceptors (Lipinski definition) is 2. The molecule has 1 aliphatic rings. The normalized spacial score (nSPS) is 25.3. The van der Waals surface area contributed by atoms with Gasteiger partial charge in [-0.3, -0.25) is 0 Å². The average Bonchev–Trinajstić information content (AvgIpc) is 2.38. The summed E-state index contributed by atoms with van der Waals surface area (Å²) < 4.78 is 32.8. The third-order valence-electron chi connectivity index (χ3n) is 3.88. The highest BCUT2D eigenvalue weighted by Gasteiger charge is 2.24. The first kappa shape index (κ1) is 14.4. The van der Waals surface area contributed by atoms with Crippen LogP contribution in [0.4, 0.5) is 8.78 Å². The summed E-state index contributed by atoms with van der Waals surface area (Å²) >= 11 is 0. The van der Waals surface area contributed by atoms with Gasteiger partial charge in [-0.25, -0.2) is 8.78 Å². The van der Waals surface area contributed by atoms with Crippen molar-refractivity contribution in [1.29, 1.82) is 0 Å². The predicted octanol–water partition coefficient (Wildman–Crippen LogP) is 3.57. The van der Waals surface area contributed by atoms with Crippen molar-refractivity contribution in [2.24, 2.45) is 0 Å². The van der Waals surface area contributed by atoms with E-state index in [0.717, 1.165) is 25.7 Å². The molecule has 1 aromatic carbocycles. The minimum absolute atomic E-state index is 0.127. The fourth-order valence-corrected chi connectivity index (χ4v) is 2.87. The molecule has 1 aliphatic carbocycles. The maximum absolute atomic E-state index is 13.7. The first-order valence-electron chi connectivity index (χ1n) is 6.84. The summed E-state index contributed by atoms with van der Waals surface area (Å²) in [5, 5.41) is 3.32. The number of halogens is 2. The van der Waals surface area contributed by atoms with Crippen LogP contribution >= 0.6 is 0 Å². The number of nitrogens with one attached hydrogen (secondary N) is 1. The second kappa shape index (κ2) is 6.44. The average molecular weight is 269 g/mol. The van der Waals surface area contributed by atoms with Crippen molar-refractivity contribution in [2.75, 3.05) is 7.11 Å².